The number of nitrogens with zero attached hydrogens (tertiary/aromatic N) is 4. The minimum atomic E-state index is -0.354. The Morgan fingerprint density at radius 3 is 2.53 bits per heavy atom. The number of benzene rings is 2. The predicted octanol–water partition coefficient (Wildman–Crippen LogP) is 2.63. The van der Waals surface area contributed by atoms with Crippen molar-refractivity contribution in [2.24, 2.45) is 0 Å². The number of fused-ring (bicyclic) bond motifs is 1. The van der Waals surface area contributed by atoms with Gasteiger partial charge in [-0.15, -0.1) is 0 Å². The molecule has 1 amide bonds. The summed E-state index contributed by atoms with van der Waals surface area (Å²) in [4.78, 5) is 25.9. The minimum absolute atomic E-state index is 0.198. The first kappa shape index (κ1) is 19.7. The molecule has 2 heterocycles. The Morgan fingerprint density at radius 1 is 1.10 bits per heavy atom. The number of hydrogen-bond donors (Lipinski definition) is 2. The average molecular weight is 420 g/mol. The Morgan fingerprint density at radius 2 is 1.80 bits per heavy atom. The van der Waals surface area contributed by atoms with Crippen molar-refractivity contribution >= 4 is 28.9 Å². The van der Waals surface area contributed by atoms with Gasteiger partial charge in [0.2, 0.25) is 0 Å². The van der Waals surface area contributed by atoms with Crippen LogP contribution in [0.25, 0.3) is 16.5 Å². The van der Waals surface area contributed by atoms with Crippen molar-refractivity contribution in [1.29, 1.82) is 0 Å². The van der Waals surface area contributed by atoms with Crippen molar-refractivity contribution in [1.82, 2.24) is 29.9 Å². The van der Waals surface area contributed by atoms with E-state index in [2.05, 4.69) is 20.6 Å². The molecule has 2 aromatic heterocycles. The van der Waals surface area contributed by atoms with Crippen LogP contribution >= 0.6 is 12.2 Å². The summed E-state index contributed by atoms with van der Waals surface area (Å²) in [6.45, 7) is 3.04. The average Bonchev–Trinajstić information content (AvgIpc) is 3.14. The Hall–Kier alpha value is -3.59. The van der Waals surface area contributed by atoms with Gasteiger partial charge in [0.1, 0.15) is 5.82 Å². The molecule has 0 aliphatic heterocycles. The fourth-order valence-corrected chi connectivity index (χ4v) is 3.62. The molecule has 0 saturated heterocycles. The largest absolute Gasteiger partial charge is 0.350 e. The lowest BCUT2D eigenvalue weighted by Gasteiger charge is -2.11. The van der Waals surface area contributed by atoms with E-state index in [1.165, 1.54) is 4.68 Å². The lowest BCUT2D eigenvalue weighted by molar-refractivity contribution is 0.0949. The summed E-state index contributed by atoms with van der Waals surface area (Å²) in [5, 5.41) is 15.2. The number of rotatable bonds is 6. The fourth-order valence-electron chi connectivity index (χ4n) is 3.34. The van der Waals surface area contributed by atoms with Crippen LogP contribution in [0.15, 0.2) is 59.4 Å². The summed E-state index contributed by atoms with van der Waals surface area (Å²) >= 11 is 5.19. The Kier molecular flexibility index (Phi) is 5.53. The maximum absolute atomic E-state index is 13.0. The van der Waals surface area contributed by atoms with Crippen molar-refractivity contribution in [3.8, 4) is 5.69 Å². The van der Waals surface area contributed by atoms with Crippen molar-refractivity contribution in [2.45, 2.75) is 19.9 Å². The van der Waals surface area contributed by atoms with E-state index >= 15 is 0 Å². The number of carbonyl (C=O) groups excluding carboxylic acids is 1. The van der Waals surface area contributed by atoms with Crippen LogP contribution in [0.5, 0.6) is 0 Å². The van der Waals surface area contributed by atoms with Crippen LogP contribution in [0.4, 0.5) is 0 Å². The third-order valence-corrected chi connectivity index (χ3v) is 5.12. The van der Waals surface area contributed by atoms with Gasteiger partial charge in [-0.3, -0.25) is 14.7 Å². The van der Waals surface area contributed by atoms with E-state index in [0.717, 1.165) is 5.82 Å². The molecule has 9 heteroatoms. The number of amides is 1. The summed E-state index contributed by atoms with van der Waals surface area (Å²) in [5.41, 5.74) is 0.524. The van der Waals surface area contributed by atoms with Gasteiger partial charge < -0.3 is 9.88 Å². The molecule has 0 fully saturated rings. The zero-order chi connectivity index (χ0) is 21.1. The van der Waals surface area contributed by atoms with Crippen LogP contribution in [0.1, 0.15) is 23.2 Å². The van der Waals surface area contributed by atoms with Crippen LogP contribution < -0.4 is 10.9 Å². The monoisotopic (exact) mass is 420 g/mol. The third kappa shape index (κ3) is 3.67. The van der Waals surface area contributed by atoms with Crippen LogP contribution in [-0.2, 0) is 13.0 Å². The Labute approximate surface area is 177 Å². The van der Waals surface area contributed by atoms with Gasteiger partial charge in [-0.1, -0.05) is 36.4 Å². The molecule has 0 unspecified atom stereocenters. The summed E-state index contributed by atoms with van der Waals surface area (Å²) in [6, 6.07) is 16.0. The van der Waals surface area contributed by atoms with Gasteiger partial charge in [-0.25, -0.2) is 0 Å². The predicted molar refractivity (Wildman–Crippen MR) is 116 cm³/mol. The number of H-pyrrole nitrogens is 1. The minimum Gasteiger partial charge on any atom is -0.350 e. The second-order valence-electron chi connectivity index (χ2n) is 6.64. The molecular formula is C21H20N6O2S. The lowest BCUT2D eigenvalue weighted by atomic mass is 10.1. The van der Waals surface area contributed by atoms with Gasteiger partial charge in [0.25, 0.3) is 11.5 Å². The molecule has 0 aliphatic carbocycles. The van der Waals surface area contributed by atoms with E-state index in [9.17, 15) is 9.59 Å². The quantitative estimate of drug-likeness (QED) is 0.468. The molecule has 0 radical (unpaired) electrons. The molecule has 4 aromatic rings. The molecule has 0 atom stereocenters. The van der Waals surface area contributed by atoms with Gasteiger partial charge in [0.15, 0.2) is 10.5 Å². The van der Waals surface area contributed by atoms with E-state index < -0.39 is 0 Å². The zero-order valence-corrected chi connectivity index (χ0v) is 17.1. The second kappa shape index (κ2) is 8.42. The molecule has 8 nitrogen and oxygen atoms in total. The molecule has 0 saturated carbocycles. The molecule has 2 N–H and O–H groups in total. The first-order valence-electron chi connectivity index (χ1n) is 9.60. The zero-order valence-electron chi connectivity index (χ0n) is 16.3. The lowest BCUT2D eigenvalue weighted by Crippen LogP contribution is -2.31. The van der Waals surface area contributed by atoms with Gasteiger partial charge in [0.05, 0.1) is 11.1 Å². The topological polar surface area (TPSA) is 97.6 Å². The maximum atomic E-state index is 13.0. The molecule has 152 valence electrons. The van der Waals surface area contributed by atoms with E-state index in [1.54, 1.807) is 36.4 Å². The normalized spacial score (nSPS) is 11.0. The molecule has 30 heavy (non-hydrogen) atoms. The van der Waals surface area contributed by atoms with E-state index in [-0.39, 0.29) is 17.2 Å². The van der Waals surface area contributed by atoms with Crippen LogP contribution in [-0.4, -0.2) is 37.0 Å². The highest BCUT2D eigenvalue weighted by Gasteiger charge is 2.17. The maximum Gasteiger partial charge on any atom is 0.279 e. The molecule has 0 aliphatic rings. The summed E-state index contributed by atoms with van der Waals surface area (Å²) in [6.07, 6.45) is 0.517. The van der Waals surface area contributed by atoms with Crippen LogP contribution in [0.3, 0.4) is 0 Å². The van der Waals surface area contributed by atoms with E-state index in [0.29, 0.717) is 40.7 Å². The van der Waals surface area contributed by atoms with Crippen molar-refractivity contribution in [3.05, 3.63) is 81.2 Å². The van der Waals surface area contributed by atoms with Gasteiger partial charge in [0, 0.05) is 24.9 Å². The highest BCUT2D eigenvalue weighted by molar-refractivity contribution is 7.71. The SMILES string of the molecule is CCn1c(CCNC(=O)c2nn(-c3ccccc3)c(=O)c3ccccc23)n[nH]c1=S. The van der Waals surface area contributed by atoms with Crippen LogP contribution in [0, 0.1) is 4.77 Å². The standard InChI is InChI=1S/C21H20N6O2S/c1-2-26-17(23-24-21(26)30)12-13-22-19(28)18-15-10-6-7-11-16(15)20(29)27(25-18)14-8-4-3-5-9-14/h3-11H,2,12-13H2,1H3,(H,22,28)(H,24,30). The first-order valence-corrected chi connectivity index (χ1v) is 10.0. The summed E-state index contributed by atoms with van der Waals surface area (Å²) in [5.74, 6) is 0.419. The van der Waals surface area contributed by atoms with E-state index in [4.69, 9.17) is 12.2 Å². The molecule has 0 bridgehead atoms. The molecule has 4 rings (SSSR count). The molecular weight excluding hydrogens is 400 g/mol. The van der Waals surface area contributed by atoms with Crippen molar-refractivity contribution in [3.63, 3.8) is 0 Å². The number of nitrogens with one attached hydrogen (secondary N) is 2. The summed E-state index contributed by atoms with van der Waals surface area (Å²) in [7, 11) is 0. The van der Waals surface area contributed by atoms with Crippen molar-refractivity contribution in [2.75, 3.05) is 6.54 Å². The third-order valence-electron chi connectivity index (χ3n) is 4.81. The second-order valence-corrected chi connectivity index (χ2v) is 7.03. The van der Waals surface area contributed by atoms with E-state index in [1.807, 2.05) is 29.7 Å². The number of aromatic nitrogens is 5. The molecule has 0 spiro atoms. The van der Waals surface area contributed by atoms with Crippen LogP contribution in [0.2, 0.25) is 0 Å². The van der Waals surface area contributed by atoms with Gasteiger partial charge in [-0.2, -0.15) is 14.9 Å². The van der Waals surface area contributed by atoms with Gasteiger partial charge in [-0.05, 0) is 37.3 Å². The highest BCUT2D eigenvalue weighted by Crippen LogP contribution is 2.15. The number of aromatic amines is 1. The smallest absolute Gasteiger partial charge is 0.279 e. The first-order chi connectivity index (χ1) is 14.6. The summed E-state index contributed by atoms with van der Waals surface area (Å²) < 4.78 is 3.70. The number of carbonyl (C=O) groups is 1. The van der Waals surface area contributed by atoms with Crippen molar-refractivity contribution < 1.29 is 4.79 Å². The fraction of sp³-hybridized carbons (Fsp3) is 0.190. The number of hydrogen-bond acceptors (Lipinski definition) is 5. The highest BCUT2D eigenvalue weighted by atomic mass is 32.1. The Balaban J connectivity index is 1.66. The van der Waals surface area contributed by atoms with Gasteiger partial charge >= 0.3 is 0 Å². The molecule has 2 aromatic carbocycles. The number of para-hydroxylation sites is 1. The Bertz CT molecular complexity index is 1320.